The first-order valence-electron chi connectivity index (χ1n) is 31.4. The third kappa shape index (κ3) is 59.6. The highest BCUT2D eigenvalue weighted by Gasteiger charge is 2.19. The zero-order valence-electron chi connectivity index (χ0n) is 48.4. The Morgan fingerprint density at radius 1 is 0.274 bits per heavy atom. The van der Waals surface area contributed by atoms with Gasteiger partial charge in [0.05, 0.1) is 0 Å². The van der Waals surface area contributed by atoms with Crippen molar-refractivity contribution < 1.29 is 28.6 Å². The predicted molar refractivity (Wildman–Crippen MR) is 316 cm³/mol. The zero-order chi connectivity index (χ0) is 52.9. The van der Waals surface area contributed by atoms with E-state index in [0.717, 1.165) is 83.5 Å². The van der Waals surface area contributed by atoms with Crippen LogP contribution in [0.25, 0.3) is 0 Å². The highest BCUT2D eigenvalue weighted by Crippen LogP contribution is 2.16. The number of rotatable bonds is 57. The Kier molecular flexibility index (Phi) is 58.7. The topological polar surface area (TPSA) is 78.9 Å². The molecule has 0 saturated heterocycles. The van der Waals surface area contributed by atoms with Gasteiger partial charge >= 0.3 is 17.9 Å². The molecule has 0 amide bonds. The van der Waals surface area contributed by atoms with Crippen molar-refractivity contribution in [1.82, 2.24) is 0 Å². The molecule has 0 N–H and O–H groups in total. The van der Waals surface area contributed by atoms with Crippen molar-refractivity contribution in [3.8, 4) is 0 Å². The maximum absolute atomic E-state index is 12.9. The second-order valence-electron chi connectivity index (χ2n) is 21.0. The van der Waals surface area contributed by atoms with E-state index in [-0.39, 0.29) is 31.1 Å². The lowest BCUT2D eigenvalue weighted by molar-refractivity contribution is -0.167. The molecule has 0 fully saturated rings. The Morgan fingerprint density at radius 2 is 0.493 bits per heavy atom. The van der Waals surface area contributed by atoms with E-state index in [1.807, 2.05) is 0 Å². The molecule has 0 radical (unpaired) electrons. The number of ether oxygens (including phenoxy) is 3. The molecule has 0 bridgehead atoms. The predicted octanol–water partition coefficient (Wildman–Crippen LogP) is 21.3. The number of hydrogen-bond acceptors (Lipinski definition) is 6. The van der Waals surface area contributed by atoms with Crippen LogP contribution in [0.2, 0.25) is 0 Å². The molecule has 0 aromatic carbocycles. The Morgan fingerprint density at radius 3 is 0.836 bits per heavy atom. The minimum absolute atomic E-state index is 0.0868. The molecular weight excluding hydrogens is 901 g/mol. The van der Waals surface area contributed by atoms with E-state index < -0.39 is 6.10 Å². The lowest BCUT2D eigenvalue weighted by Crippen LogP contribution is -2.30. The van der Waals surface area contributed by atoms with Crippen molar-refractivity contribution in [2.45, 2.75) is 322 Å². The Bertz CT molecular complexity index is 1360. The van der Waals surface area contributed by atoms with Crippen LogP contribution in [0.1, 0.15) is 316 Å². The summed E-state index contributed by atoms with van der Waals surface area (Å²) in [4.78, 5) is 38.3. The highest BCUT2D eigenvalue weighted by molar-refractivity contribution is 5.71. The first kappa shape index (κ1) is 69.8. The molecule has 0 aromatic heterocycles. The van der Waals surface area contributed by atoms with Gasteiger partial charge in [0.2, 0.25) is 0 Å². The minimum atomic E-state index is -0.792. The number of carbonyl (C=O) groups is 3. The molecule has 0 spiro atoms. The third-order valence-corrected chi connectivity index (χ3v) is 13.7. The quantitative estimate of drug-likeness (QED) is 0.0261. The first-order chi connectivity index (χ1) is 36.0. The van der Waals surface area contributed by atoms with Crippen LogP contribution in [-0.4, -0.2) is 37.2 Å². The second kappa shape index (κ2) is 61.4. The summed E-state index contributed by atoms with van der Waals surface area (Å²) < 4.78 is 16.9. The van der Waals surface area contributed by atoms with Crippen molar-refractivity contribution in [3.05, 3.63) is 72.9 Å². The van der Waals surface area contributed by atoms with E-state index in [0.29, 0.717) is 19.3 Å². The van der Waals surface area contributed by atoms with Gasteiger partial charge in [-0.05, 0) is 116 Å². The number of allylic oxidation sites excluding steroid dienone is 12. The molecule has 73 heavy (non-hydrogen) atoms. The van der Waals surface area contributed by atoms with Gasteiger partial charge in [-0.3, -0.25) is 14.4 Å². The van der Waals surface area contributed by atoms with Crippen LogP contribution in [0, 0.1) is 0 Å². The molecule has 6 heteroatoms. The van der Waals surface area contributed by atoms with Gasteiger partial charge in [-0.25, -0.2) is 0 Å². The molecule has 0 aromatic rings. The van der Waals surface area contributed by atoms with Crippen molar-refractivity contribution >= 4 is 17.9 Å². The molecule has 0 unspecified atom stereocenters. The fraction of sp³-hybridized carbons (Fsp3) is 0.776. The van der Waals surface area contributed by atoms with E-state index >= 15 is 0 Å². The van der Waals surface area contributed by atoms with E-state index in [4.69, 9.17) is 14.2 Å². The van der Waals surface area contributed by atoms with Crippen molar-refractivity contribution in [2.75, 3.05) is 13.2 Å². The van der Waals surface area contributed by atoms with Crippen LogP contribution in [0.15, 0.2) is 72.9 Å². The third-order valence-electron chi connectivity index (χ3n) is 13.7. The summed E-state index contributed by atoms with van der Waals surface area (Å²) in [5.74, 6) is -0.911. The number of hydrogen-bond donors (Lipinski definition) is 0. The van der Waals surface area contributed by atoms with Gasteiger partial charge in [-0.2, -0.15) is 0 Å². The van der Waals surface area contributed by atoms with E-state index in [1.165, 1.54) is 193 Å². The molecule has 0 saturated carbocycles. The minimum Gasteiger partial charge on any atom is -0.462 e. The molecule has 0 aliphatic heterocycles. The van der Waals surface area contributed by atoms with E-state index in [2.05, 4.69) is 93.7 Å². The van der Waals surface area contributed by atoms with Gasteiger partial charge in [-0.1, -0.05) is 254 Å². The van der Waals surface area contributed by atoms with Crippen molar-refractivity contribution in [2.24, 2.45) is 0 Å². The molecule has 6 nitrogen and oxygen atoms in total. The maximum atomic E-state index is 12.9. The lowest BCUT2D eigenvalue weighted by atomic mass is 10.0. The largest absolute Gasteiger partial charge is 0.462 e. The smallest absolute Gasteiger partial charge is 0.306 e. The second-order valence-corrected chi connectivity index (χ2v) is 21.0. The van der Waals surface area contributed by atoms with Gasteiger partial charge in [0.25, 0.3) is 0 Å². The van der Waals surface area contributed by atoms with Crippen molar-refractivity contribution in [3.63, 3.8) is 0 Å². The highest BCUT2D eigenvalue weighted by atomic mass is 16.6. The summed E-state index contributed by atoms with van der Waals surface area (Å²) >= 11 is 0. The Labute approximate surface area is 453 Å². The van der Waals surface area contributed by atoms with Gasteiger partial charge in [0, 0.05) is 19.3 Å². The fourth-order valence-electron chi connectivity index (χ4n) is 8.89. The number of unbranched alkanes of at least 4 members (excludes halogenated alkanes) is 34. The fourth-order valence-corrected chi connectivity index (χ4v) is 8.89. The number of carbonyl (C=O) groups excluding carboxylic acids is 3. The van der Waals surface area contributed by atoms with E-state index in [9.17, 15) is 14.4 Å². The summed E-state index contributed by atoms with van der Waals surface area (Å²) in [6.07, 6.45) is 79.0. The molecule has 0 aliphatic rings. The lowest BCUT2D eigenvalue weighted by Gasteiger charge is -2.18. The molecule has 0 heterocycles. The van der Waals surface area contributed by atoms with Crippen LogP contribution in [-0.2, 0) is 28.6 Å². The monoisotopic (exact) mass is 1020 g/mol. The number of esters is 3. The van der Waals surface area contributed by atoms with Crippen LogP contribution < -0.4 is 0 Å². The van der Waals surface area contributed by atoms with Crippen LogP contribution in [0.5, 0.6) is 0 Å². The van der Waals surface area contributed by atoms with Crippen molar-refractivity contribution in [1.29, 1.82) is 0 Å². The van der Waals surface area contributed by atoms with Crippen LogP contribution in [0.3, 0.4) is 0 Å². The maximum Gasteiger partial charge on any atom is 0.306 e. The van der Waals surface area contributed by atoms with Crippen LogP contribution >= 0.6 is 0 Å². The molecule has 0 aliphatic carbocycles. The average molecular weight is 1020 g/mol. The molecule has 0 rings (SSSR count). The van der Waals surface area contributed by atoms with Gasteiger partial charge in [-0.15, -0.1) is 0 Å². The first-order valence-corrected chi connectivity index (χ1v) is 31.4. The normalized spacial score (nSPS) is 12.5. The van der Waals surface area contributed by atoms with Gasteiger partial charge < -0.3 is 14.2 Å². The summed E-state index contributed by atoms with van der Waals surface area (Å²) in [5, 5.41) is 0. The zero-order valence-corrected chi connectivity index (χ0v) is 48.4. The summed E-state index contributed by atoms with van der Waals surface area (Å²) in [5.41, 5.74) is 0. The molecule has 422 valence electrons. The van der Waals surface area contributed by atoms with Gasteiger partial charge in [0.1, 0.15) is 13.2 Å². The van der Waals surface area contributed by atoms with Crippen LogP contribution in [0.4, 0.5) is 0 Å². The van der Waals surface area contributed by atoms with E-state index in [1.54, 1.807) is 0 Å². The Hall–Kier alpha value is -3.15. The summed E-state index contributed by atoms with van der Waals surface area (Å²) in [6, 6.07) is 0. The Balaban J connectivity index is 4.41. The SMILES string of the molecule is CCCCC/C=C\C/C=C\C/C=C\C/C=C\CCCCCC(=O)OC[C@H](COC(=O)CCCCCCCCC/C=C\CCCCCC)OC(=O)CCCCCCCCCCCCC/C=C\CCCCCCCC. The average Bonchev–Trinajstić information content (AvgIpc) is 3.39. The van der Waals surface area contributed by atoms with Gasteiger partial charge in [0.15, 0.2) is 6.10 Å². The standard InChI is InChI=1S/C67H118O6/c1-4-7-10-13-16-19-22-25-28-30-32-33-35-37-40-43-46-49-52-55-58-61-67(70)73-64(62-71-65(68)59-56-53-50-47-44-41-38-27-24-21-18-15-12-9-6-3)63-72-66(69)60-57-54-51-48-45-42-39-36-34-31-29-26-23-20-17-14-11-8-5-2/h17,20-21,24-26,28-29,34,36,42,45,64H,4-16,18-19,22-23,27,30-33,35,37-41,43-44,46-63H2,1-3H3/b20-17-,24-21-,28-25-,29-26-,36-34-,45-42-/t64-/m0/s1. The summed E-state index contributed by atoms with van der Waals surface area (Å²) in [6.45, 7) is 6.60. The molecule has 1 atom stereocenters. The summed E-state index contributed by atoms with van der Waals surface area (Å²) in [7, 11) is 0. The molecular formula is C67H118O6.